The number of ether oxygens (including phenoxy) is 3. The molecule has 0 saturated heterocycles. The minimum absolute atomic E-state index is 0.0170. The topological polar surface area (TPSA) is 56.8 Å². The van der Waals surface area contributed by atoms with Crippen LogP contribution in [0.3, 0.4) is 0 Å². The number of hydrogen-bond donors (Lipinski definition) is 1. The largest absolute Gasteiger partial charge is 0.497 e. The summed E-state index contributed by atoms with van der Waals surface area (Å²) < 4.78 is 40.5. The Bertz CT molecular complexity index is 989. The lowest BCUT2D eigenvalue weighted by atomic mass is 10.0. The Morgan fingerprint density at radius 2 is 1.50 bits per heavy atom. The molecular formula is C23H21F2NO4. The molecule has 0 bridgehead atoms. The second kappa shape index (κ2) is 9.73. The molecule has 0 aliphatic heterocycles. The van der Waals surface area contributed by atoms with E-state index in [0.29, 0.717) is 28.3 Å². The van der Waals surface area contributed by atoms with Crippen molar-refractivity contribution in [3.05, 3.63) is 72.3 Å². The Labute approximate surface area is 173 Å². The van der Waals surface area contributed by atoms with Gasteiger partial charge in [0.1, 0.15) is 17.2 Å². The van der Waals surface area contributed by atoms with E-state index in [1.165, 1.54) is 12.1 Å². The SMILES string of the molecule is COc1ccc(CC(=O)Nc2ccc(OC(F)F)c(-c3ccc(OC)cc3)c2)cc1. The first-order chi connectivity index (χ1) is 14.5. The molecule has 3 aromatic carbocycles. The highest BCUT2D eigenvalue weighted by molar-refractivity contribution is 5.93. The van der Waals surface area contributed by atoms with Crippen molar-refractivity contribution in [3.8, 4) is 28.4 Å². The van der Waals surface area contributed by atoms with E-state index in [4.69, 9.17) is 9.47 Å². The summed E-state index contributed by atoms with van der Waals surface area (Å²) in [6, 6.07) is 18.6. The minimum Gasteiger partial charge on any atom is -0.497 e. The van der Waals surface area contributed by atoms with Crippen LogP contribution in [0, 0.1) is 0 Å². The maximum atomic E-state index is 12.8. The summed E-state index contributed by atoms with van der Waals surface area (Å²) in [7, 11) is 3.11. The van der Waals surface area contributed by atoms with E-state index in [0.717, 1.165) is 5.56 Å². The van der Waals surface area contributed by atoms with Crippen molar-refractivity contribution in [2.45, 2.75) is 13.0 Å². The zero-order valence-electron chi connectivity index (χ0n) is 16.5. The Hall–Kier alpha value is -3.61. The molecule has 156 valence electrons. The van der Waals surface area contributed by atoms with Gasteiger partial charge < -0.3 is 19.5 Å². The van der Waals surface area contributed by atoms with Crippen LogP contribution in [0.1, 0.15) is 5.56 Å². The highest BCUT2D eigenvalue weighted by Gasteiger charge is 2.14. The van der Waals surface area contributed by atoms with Crippen molar-refractivity contribution in [3.63, 3.8) is 0 Å². The third-order valence-electron chi connectivity index (χ3n) is 4.40. The van der Waals surface area contributed by atoms with Crippen LogP contribution in [0.2, 0.25) is 0 Å². The summed E-state index contributed by atoms with van der Waals surface area (Å²) in [5.74, 6) is 1.13. The predicted molar refractivity (Wildman–Crippen MR) is 110 cm³/mol. The molecule has 0 aliphatic rings. The average molecular weight is 413 g/mol. The van der Waals surface area contributed by atoms with Gasteiger partial charge in [-0.15, -0.1) is 0 Å². The van der Waals surface area contributed by atoms with Gasteiger partial charge in [-0.1, -0.05) is 24.3 Å². The van der Waals surface area contributed by atoms with Gasteiger partial charge in [-0.3, -0.25) is 4.79 Å². The number of amides is 1. The van der Waals surface area contributed by atoms with E-state index in [1.807, 2.05) is 0 Å². The third kappa shape index (κ3) is 5.47. The molecule has 0 aliphatic carbocycles. The molecule has 3 aromatic rings. The summed E-state index contributed by atoms with van der Waals surface area (Å²) >= 11 is 0. The van der Waals surface area contributed by atoms with Crippen molar-refractivity contribution in [1.82, 2.24) is 0 Å². The van der Waals surface area contributed by atoms with Crippen LogP contribution >= 0.6 is 0 Å². The summed E-state index contributed by atoms with van der Waals surface area (Å²) in [5.41, 5.74) is 2.38. The highest BCUT2D eigenvalue weighted by atomic mass is 19.3. The number of rotatable bonds is 8. The Morgan fingerprint density at radius 1 is 0.900 bits per heavy atom. The number of carbonyl (C=O) groups is 1. The van der Waals surface area contributed by atoms with Crippen LogP contribution in [-0.2, 0) is 11.2 Å². The Kier molecular flexibility index (Phi) is 6.85. The predicted octanol–water partition coefficient (Wildman–Crippen LogP) is 5.15. The van der Waals surface area contributed by atoms with Crippen LogP contribution < -0.4 is 19.5 Å². The fourth-order valence-electron chi connectivity index (χ4n) is 2.94. The molecule has 0 atom stereocenters. The molecule has 0 radical (unpaired) electrons. The zero-order chi connectivity index (χ0) is 21.5. The van der Waals surface area contributed by atoms with E-state index >= 15 is 0 Å². The monoisotopic (exact) mass is 413 g/mol. The molecule has 0 aromatic heterocycles. The molecule has 3 rings (SSSR count). The molecule has 30 heavy (non-hydrogen) atoms. The molecule has 0 unspecified atom stereocenters. The first-order valence-corrected chi connectivity index (χ1v) is 9.14. The average Bonchev–Trinajstić information content (AvgIpc) is 2.75. The highest BCUT2D eigenvalue weighted by Crippen LogP contribution is 2.34. The minimum atomic E-state index is -2.96. The number of halogens is 2. The van der Waals surface area contributed by atoms with E-state index in [2.05, 4.69) is 10.1 Å². The Morgan fingerprint density at radius 3 is 2.07 bits per heavy atom. The maximum Gasteiger partial charge on any atom is 0.387 e. The first kappa shape index (κ1) is 21.1. The molecule has 0 saturated carbocycles. The van der Waals surface area contributed by atoms with Gasteiger partial charge in [0.25, 0.3) is 0 Å². The van der Waals surface area contributed by atoms with Crippen molar-refractivity contribution in [1.29, 1.82) is 0 Å². The smallest absolute Gasteiger partial charge is 0.387 e. The summed E-state index contributed by atoms with van der Waals surface area (Å²) in [6.07, 6.45) is 0.164. The zero-order valence-corrected chi connectivity index (χ0v) is 16.5. The summed E-state index contributed by atoms with van der Waals surface area (Å²) in [6.45, 7) is -2.96. The van der Waals surface area contributed by atoms with Gasteiger partial charge >= 0.3 is 6.61 Å². The molecule has 0 spiro atoms. The van der Waals surface area contributed by atoms with Crippen molar-refractivity contribution in [2.75, 3.05) is 19.5 Å². The quantitative estimate of drug-likeness (QED) is 0.555. The molecule has 0 fully saturated rings. The van der Waals surface area contributed by atoms with E-state index in [9.17, 15) is 13.6 Å². The number of nitrogens with one attached hydrogen (secondary N) is 1. The van der Waals surface area contributed by atoms with Gasteiger partial charge in [0.2, 0.25) is 5.91 Å². The van der Waals surface area contributed by atoms with Gasteiger partial charge in [0.05, 0.1) is 20.6 Å². The molecule has 1 amide bonds. The summed E-state index contributed by atoms with van der Waals surface area (Å²) in [4.78, 5) is 12.4. The van der Waals surface area contributed by atoms with Gasteiger partial charge in [0.15, 0.2) is 0 Å². The summed E-state index contributed by atoms with van der Waals surface area (Å²) in [5, 5.41) is 2.79. The van der Waals surface area contributed by atoms with Crippen LogP contribution in [0.4, 0.5) is 14.5 Å². The number of carbonyl (C=O) groups excluding carboxylic acids is 1. The second-order valence-electron chi connectivity index (χ2n) is 6.39. The molecule has 5 nitrogen and oxygen atoms in total. The lowest BCUT2D eigenvalue weighted by Crippen LogP contribution is -2.14. The van der Waals surface area contributed by atoms with Crippen LogP contribution in [0.25, 0.3) is 11.1 Å². The molecule has 1 N–H and O–H groups in total. The van der Waals surface area contributed by atoms with E-state index in [1.54, 1.807) is 68.8 Å². The van der Waals surface area contributed by atoms with Crippen molar-refractivity contribution < 1.29 is 27.8 Å². The second-order valence-corrected chi connectivity index (χ2v) is 6.39. The molecule has 0 heterocycles. The lowest BCUT2D eigenvalue weighted by Gasteiger charge is -2.14. The van der Waals surface area contributed by atoms with Gasteiger partial charge in [-0.05, 0) is 53.6 Å². The van der Waals surface area contributed by atoms with Gasteiger partial charge in [-0.2, -0.15) is 8.78 Å². The third-order valence-corrected chi connectivity index (χ3v) is 4.40. The van der Waals surface area contributed by atoms with Gasteiger partial charge in [0, 0.05) is 11.3 Å². The fourth-order valence-corrected chi connectivity index (χ4v) is 2.94. The van der Waals surface area contributed by atoms with Gasteiger partial charge in [-0.25, -0.2) is 0 Å². The van der Waals surface area contributed by atoms with Crippen LogP contribution in [0.5, 0.6) is 17.2 Å². The number of alkyl halides is 2. The Balaban J connectivity index is 1.81. The van der Waals surface area contributed by atoms with Crippen LogP contribution in [-0.4, -0.2) is 26.7 Å². The van der Waals surface area contributed by atoms with Crippen LogP contribution in [0.15, 0.2) is 66.7 Å². The standard InChI is InChI=1S/C23H21F2NO4/c1-28-18-8-3-15(4-9-18)13-22(27)26-17-7-12-21(30-23(24)25)20(14-17)16-5-10-19(29-2)11-6-16/h3-12,14,23H,13H2,1-2H3,(H,26,27). The van der Waals surface area contributed by atoms with E-state index in [-0.39, 0.29) is 18.1 Å². The number of anilines is 1. The maximum absolute atomic E-state index is 12.8. The lowest BCUT2D eigenvalue weighted by molar-refractivity contribution is -0.115. The first-order valence-electron chi connectivity index (χ1n) is 9.14. The van der Waals surface area contributed by atoms with Crippen molar-refractivity contribution >= 4 is 11.6 Å². The number of methoxy groups -OCH3 is 2. The normalized spacial score (nSPS) is 10.6. The van der Waals surface area contributed by atoms with E-state index < -0.39 is 6.61 Å². The molecular weight excluding hydrogens is 392 g/mol. The fraction of sp³-hybridized carbons (Fsp3) is 0.174. The number of benzene rings is 3. The number of hydrogen-bond acceptors (Lipinski definition) is 4. The van der Waals surface area contributed by atoms with Crippen molar-refractivity contribution in [2.24, 2.45) is 0 Å². The molecule has 7 heteroatoms.